The van der Waals surface area contributed by atoms with Crippen LogP contribution in [0.1, 0.15) is 11.3 Å². The molecule has 1 N–H and O–H groups in total. The Hall–Kier alpha value is -1.81. The van der Waals surface area contributed by atoms with Gasteiger partial charge in [0.15, 0.2) is 0 Å². The lowest BCUT2D eigenvalue weighted by molar-refractivity contribution is 0.490. The molecule has 0 saturated heterocycles. The second-order valence-electron chi connectivity index (χ2n) is 4.21. The molecule has 2 rings (SSSR count). The van der Waals surface area contributed by atoms with Crippen LogP contribution < -0.4 is 10.2 Å². The van der Waals surface area contributed by atoms with Crippen molar-refractivity contribution in [3.63, 3.8) is 0 Å². The van der Waals surface area contributed by atoms with Gasteiger partial charge in [-0.3, -0.25) is 0 Å². The Morgan fingerprint density at radius 3 is 2.78 bits per heavy atom. The first kappa shape index (κ1) is 12.6. The molecule has 1 aromatic heterocycles. The van der Waals surface area contributed by atoms with Crippen molar-refractivity contribution < 1.29 is 8.81 Å². The van der Waals surface area contributed by atoms with Crippen molar-refractivity contribution in [1.29, 1.82) is 0 Å². The molecule has 0 aliphatic carbocycles. The van der Waals surface area contributed by atoms with Crippen molar-refractivity contribution in [1.82, 2.24) is 5.32 Å². The van der Waals surface area contributed by atoms with Crippen molar-refractivity contribution >= 4 is 5.69 Å². The smallest absolute Gasteiger partial charge is 0.146 e. The standard InChI is InChI=1S/C14H17FN2O/c1-16-9-14-11(7-8-18-14)10-17(2)13-6-4-3-5-12(13)15/h3-8,16H,9-10H2,1-2H3. The quantitative estimate of drug-likeness (QED) is 0.882. The lowest BCUT2D eigenvalue weighted by Gasteiger charge is -2.19. The van der Waals surface area contributed by atoms with E-state index in [2.05, 4.69) is 5.32 Å². The summed E-state index contributed by atoms with van der Waals surface area (Å²) in [6.07, 6.45) is 1.66. The van der Waals surface area contributed by atoms with Crippen LogP contribution in [0.25, 0.3) is 0 Å². The van der Waals surface area contributed by atoms with Crippen LogP contribution >= 0.6 is 0 Å². The monoisotopic (exact) mass is 248 g/mol. The number of nitrogens with one attached hydrogen (secondary N) is 1. The summed E-state index contributed by atoms with van der Waals surface area (Å²) in [5.74, 6) is 0.680. The van der Waals surface area contributed by atoms with Crippen molar-refractivity contribution in [2.45, 2.75) is 13.1 Å². The van der Waals surface area contributed by atoms with E-state index in [9.17, 15) is 4.39 Å². The van der Waals surface area contributed by atoms with E-state index in [4.69, 9.17) is 4.42 Å². The van der Waals surface area contributed by atoms with Gasteiger partial charge in [0.25, 0.3) is 0 Å². The van der Waals surface area contributed by atoms with Crippen LogP contribution in [0.2, 0.25) is 0 Å². The summed E-state index contributed by atoms with van der Waals surface area (Å²) < 4.78 is 19.0. The molecular weight excluding hydrogens is 231 g/mol. The molecule has 3 nitrogen and oxygen atoms in total. The summed E-state index contributed by atoms with van der Waals surface area (Å²) in [6, 6.07) is 8.68. The third-order valence-electron chi connectivity index (χ3n) is 2.85. The molecule has 96 valence electrons. The van der Waals surface area contributed by atoms with Crippen LogP contribution in [-0.4, -0.2) is 14.1 Å². The van der Waals surface area contributed by atoms with Crippen LogP contribution in [0.5, 0.6) is 0 Å². The van der Waals surface area contributed by atoms with E-state index in [1.807, 2.05) is 31.1 Å². The molecule has 0 atom stereocenters. The second-order valence-corrected chi connectivity index (χ2v) is 4.21. The molecule has 0 saturated carbocycles. The van der Waals surface area contributed by atoms with Crippen molar-refractivity contribution in [2.75, 3.05) is 19.0 Å². The third kappa shape index (κ3) is 2.71. The van der Waals surface area contributed by atoms with E-state index in [-0.39, 0.29) is 5.82 Å². The Morgan fingerprint density at radius 1 is 1.28 bits per heavy atom. The van der Waals surface area contributed by atoms with E-state index < -0.39 is 0 Å². The second kappa shape index (κ2) is 5.69. The Morgan fingerprint density at radius 2 is 2.06 bits per heavy atom. The Labute approximate surface area is 106 Å². The number of furan rings is 1. The number of nitrogens with zero attached hydrogens (tertiary/aromatic N) is 1. The van der Waals surface area contributed by atoms with Crippen LogP contribution in [0, 0.1) is 5.82 Å². The maximum atomic E-state index is 13.6. The zero-order chi connectivity index (χ0) is 13.0. The first-order chi connectivity index (χ1) is 8.72. The van der Waals surface area contributed by atoms with E-state index in [1.54, 1.807) is 18.4 Å². The van der Waals surface area contributed by atoms with Crippen LogP contribution in [0.15, 0.2) is 41.0 Å². The summed E-state index contributed by atoms with van der Waals surface area (Å²) in [5, 5.41) is 3.05. The minimum Gasteiger partial charge on any atom is -0.468 e. The molecule has 0 spiro atoms. The molecule has 0 unspecified atom stereocenters. The lowest BCUT2D eigenvalue weighted by Crippen LogP contribution is -2.18. The molecule has 0 aliphatic heterocycles. The summed E-state index contributed by atoms with van der Waals surface area (Å²) in [7, 11) is 3.74. The van der Waals surface area contributed by atoms with Gasteiger partial charge in [-0.2, -0.15) is 0 Å². The number of halogens is 1. The molecule has 0 radical (unpaired) electrons. The van der Waals surface area contributed by atoms with Gasteiger partial charge < -0.3 is 14.6 Å². The van der Waals surface area contributed by atoms with Gasteiger partial charge in [-0.25, -0.2) is 4.39 Å². The van der Waals surface area contributed by atoms with Crippen molar-refractivity contribution in [3.8, 4) is 0 Å². The number of benzene rings is 1. The molecule has 4 heteroatoms. The molecule has 0 amide bonds. The highest BCUT2D eigenvalue weighted by atomic mass is 19.1. The normalized spacial score (nSPS) is 10.6. The predicted molar refractivity (Wildman–Crippen MR) is 70.0 cm³/mol. The molecular formula is C14H17FN2O. The van der Waals surface area contributed by atoms with Crippen LogP contribution in [-0.2, 0) is 13.1 Å². The Kier molecular flexibility index (Phi) is 3.99. The fraction of sp³-hybridized carbons (Fsp3) is 0.286. The average molecular weight is 248 g/mol. The highest BCUT2D eigenvalue weighted by Crippen LogP contribution is 2.21. The number of para-hydroxylation sites is 1. The molecule has 1 heterocycles. The van der Waals surface area contributed by atoms with Crippen LogP contribution in [0.3, 0.4) is 0 Å². The molecule has 0 bridgehead atoms. The van der Waals surface area contributed by atoms with Gasteiger partial charge in [0.1, 0.15) is 11.6 Å². The van der Waals surface area contributed by atoms with Gasteiger partial charge in [-0.15, -0.1) is 0 Å². The topological polar surface area (TPSA) is 28.4 Å². The van der Waals surface area contributed by atoms with Crippen molar-refractivity contribution in [3.05, 3.63) is 53.7 Å². The summed E-state index contributed by atoms with van der Waals surface area (Å²) in [6.45, 7) is 1.29. The van der Waals surface area contributed by atoms with Gasteiger partial charge in [0.05, 0.1) is 18.5 Å². The summed E-state index contributed by atoms with van der Waals surface area (Å²) >= 11 is 0. The van der Waals surface area contributed by atoms with Gasteiger partial charge >= 0.3 is 0 Å². The first-order valence-electron chi connectivity index (χ1n) is 5.88. The minimum atomic E-state index is -0.210. The maximum Gasteiger partial charge on any atom is 0.146 e. The predicted octanol–water partition coefficient (Wildman–Crippen LogP) is 2.77. The molecule has 18 heavy (non-hydrogen) atoms. The maximum absolute atomic E-state index is 13.6. The van der Waals surface area contributed by atoms with E-state index in [0.717, 1.165) is 11.3 Å². The van der Waals surface area contributed by atoms with Gasteiger partial charge in [0, 0.05) is 19.2 Å². The highest BCUT2D eigenvalue weighted by Gasteiger charge is 2.11. The largest absolute Gasteiger partial charge is 0.468 e. The molecule has 2 aromatic rings. The lowest BCUT2D eigenvalue weighted by atomic mass is 10.2. The van der Waals surface area contributed by atoms with E-state index in [1.165, 1.54) is 6.07 Å². The van der Waals surface area contributed by atoms with E-state index in [0.29, 0.717) is 18.8 Å². The summed E-state index contributed by atoms with van der Waals surface area (Å²) in [4.78, 5) is 1.87. The van der Waals surface area contributed by atoms with Crippen LogP contribution in [0.4, 0.5) is 10.1 Å². The first-order valence-corrected chi connectivity index (χ1v) is 5.88. The number of hydrogen-bond donors (Lipinski definition) is 1. The average Bonchev–Trinajstić information content (AvgIpc) is 2.78. The fourth-order valence-corrected chi connectivity index (χ4v) is 1.93. The SMILES string of the molecule is CNCc1occc1CN(C)c1ccccc1F. The molecule has 0 fully saturated rings. The van der Waals surface area contributed by atoms with Gasteiger partial charge in [-0.1, -0.05) is 12.1 Å². The van der Waals surface area contributed by atoms with Gasteiger partial charge in [-0.05, 0) is 25.2 Å². The van der Waals surface area contributed by atoms with E-state index >= 15 is 0 Å². The summed E-state index contributed by atoms with van der Waals surface area (Å²) in [5.41, 5.74) is 1.66. The Bertz CT molecular complexity index is 510. The van der Waals surface area contributed by atoms with Gasteiger partial charge in [0.2, 0.25) is 0 Å². The molecule has 1 aromatic carbocycles. The molecule has 0 aliphatic rings. The zero-order valence-electron chi connectivity index (χ0n) is 10.6. The number of rotatable bonds is 5. The zero-order valence-corrected chi connectivity index (χ0v) is 10.6. The highest BCUT2D eigenvalue weighted by molar-refractivity contribution is 5.47. The fourth-order valence-electron chi connectivity index (χ4n) is 1.93. The number of anilines is 1. The third-order valence-corrected chi connectivity index (χ3v) is 2.85. The number of hydrogen-bond acceptors (Lipinski definition) is 3. The van der Waals surface area contributed by atoms with Crippen molar-refractivity contribution in [2.24, 2.45) is 0 Å². The minimum absolute atomic E-state index is 0.210. The Balaban J connectivity index is 2.14.